The van der Waals surface area contributed by atoms with Crippen molar-refractivity contribution in [3.8, 4) is 0 Å². The molecule has 0 spiro atoms. The number of ether oxygens (including phenoxy) is 1. The quantitative estimate of drug-likeness (QED) is 0.600. The highest BCUT2D eigenvalue weighted by Crippen LogP contribution is 2.15. The van der Waals surface area contributed by atoms with Gasteiger partial charge in [-0.25, -0.2) is 0 Å². The Balaban J connectivity index is 2.37. The topological polar surface area (TPSA) is 9.23 Å². The molecule has 0 saturated carbocycles. The predicted molar refractivity (Wildman–Crippen MR) is 43.1 cm³/mol. The lowest BCUT2D eigenvalue weighted by atomic mass is 10.1. The van der Waals surface area contributed by atoms with Gasteiger partial charge in [-0.2, -0.15) is 0 Å². The Labute approximate surface area is 66.3 Å². The molecule has 0 saturated heterocycles. The molecular weight excluding hydrogens is 148 g/mol. The lowest BCUT2D eigenvalue weighted by molar-refractivity contribution is 0.0977. The van der Waals surface area contributed by atoms with Gasteiger partial charge < -0.3 is 4.74 Å². The zero-order valence-corrected chi connectivity index (χ0v) is 6.77. The van der Waals surface area contributed by atoms with E-state index in [1.54, 1.807) is 0 Å². The normalized spacial score (nSPS) is 24.6. The first-order chi connectivity index (χ1) is 4.83. The van der Waals surface area contributed by atoms with Crippen LogP contribution >= 0.6 is 11.6 Å². The van der Waals surface area contributed by atoms with Crippen molar-refractivity contribution >= 4 is 11.6 Å². The molecule has 2 heteroatoms. The molecule has 1 nitrogen and oxygen atoms in total. The van der Waals surface area contributed by atoms with Gasteiger partial charge in [0.25, 0.3) is 0 Å². The van der Waals surface area contributed by atoms with E-state index in [1.807, 2.05) is 25.2 Å². The third kappa shape index (κ3) is 2.16. The molecule has 1 rings (SSSR count). The van der Waals surface area contributed by atoms with E-state index in [4.69, 9.17) is 16.3 Å². The Morgan fingerprint density at radius 2 is 2.60 bits per heavy atom. The molecule has 0 fully saturated rings. The van der Waals surface area contributed by atoms with Crippen LogP contribution in [0.3, 0.4) is 0 Å². The predicted octanol–water partition coefficient (Wildman–Crippen LogP) is 2.47. The fourth-order valence-electron chi connectivity index (χ4n) is 0.912. The van der Waals surface area contributed by atoms with Gasteiger partial charge in [0.2, 0.25) is 0 Å². The summed E-state index contributed by atoms with van der Waals surface area (Å²) in [4.78, 5) is 0. The second-order valence-corrected chi connectivity index (χ2v) is 2.61. The van der Waals surface area contributed by atoms with E-state index < -0.39 is 0 Å². The molecule has 1 aliphatic carbocycles. The summed E-state index contributed by atoms with van der Waals surface area (Å²) in [6, 6.07) is 0. The van der Waals surface area contributed by atoms with Crippen LogP contribution in [0.15, 0.2) is 23.3 Å². The molecule has 0 bridgehead atoms. The molecule has 0 aromatic carbocycles. The van der Waals surface area contributed by atoms with Gasteiger partial charge in [0.15, 0.2) is 0 Å². The second-order valence-electron chi connectivity index (χ2n) is 2.18. The first kappa shape index (κ1) is 7.83. The van der Waals surface area contributed by atoms with Crippen molar-refractivity contribution in [2.75, 3.05) is 6.61 Å². The highest BCUT2D eigenvalue weighted by Gasteiger charge is 2.05. The lowest BCUT2D eigenvalue weighted by Gasteiger charge is -2.13. The summed E-state index contributed by atoms with van der Waals surface area (Å²) in [7, 11) is 0. The van der Waals surface area contributed by atoms with Crippen LogP contribution in [0, 0.1) is 0 Å². The molecule has 0 aromatic rings. The SMILES string of the molecule is CCOC1C=CC(Cl)=CC1. The van der Waals surface area contributed by atoms with Crippen LogP contribution in [0.4, 0.5) is 0 Å². The molecule has 0 aliphatic heterocycles. The average Bonchev–Trinajstić information content (AvgIpc) is 1.95. The van der Waals surface area contributed by atoms with Gasteiger partial charge in [-0.1, -0.05) is 23.8 Å². The van der Waals surface area contributed by atoms with Gasteiger partial charge in [0.05, 0.1) is 6.10 Å². The summed E-state index contributed by atoms with van der Waals surface area (Å²) in [5, 5.41) is 0.816. The first-order valence-electron chi connectivity index (χ1n) is 3.48. The molecule has 0 aromatic heterocycles. The van der Waals surface area contributed by atoms with Crippen LogP contribution in [-0.2, 0) is 4.74 Å². The monoisotopic (exact) mass is 158 g/mol. The van der Waals surface area contributed by atoms with Crippen LogP contribution in [0.25, 0.3) is 0 Å². The summed E-state index contributed by atoms with van der Waals surface area (Å²) >= 11 is 5.70. The maximum atomic E-state index is 5.70. The maximum Gasteiger partial charge on any atom is 0.0794 e. The van der Waals surface area contributed by atoms with Gasteiger partial charge in [-0.05, 0) is 19.4 Å². The van der Waals surface area contributed by atoms with E-state index in [1.165, 1.54) is 0 Å². The Bertz CT molecular complexity index is 161. The summed E-state index contributed by atoms with van der Waals surface area (Å²) in [5.41, 5.74) is 0. The highest BCUT2D eigenvalue weighted by atomic mass is 35.5. The minimum Gasteiger partial charge on any atom is -0.374 e. The zero-order chi connectivity index (χ0) is 7.40. The van der Waals surface area contributed by atoms with E-state index in [9.17, 15) is 0 Å². The lowest BCUT2D eigenvalue weighted by Crippen LogP contribution is -2.10. The van der Waals surface area contributed by atoms with Crippen LogP contribution in [0.1, 0.15) is 13.3 Å². The van der Waals surface area contributed by atoms with Crippen LogP contribution < -0.4 is 0 Å². The van der Waals surface area contributed by atoms with Crippen molar-refractivity contribution in [3.05, 3.63) is 23.3 Å². The molecule has 0 heterocycles. The van der Waals surface area contributed by atoms with Gasteiger partial charge in [-0.15, -0.1) is 0 Å². The molecule has 0 radical (unpaired) electrons. The van der Waals surface area contributed by atoms with Crippen LogP contribution in [0.2, 0.25) is 0 Å². The summed E-state index contributed by atoms with van der Waals surface area (Å²) in [6.45, 7) is 2.76. The fourth-order valence-corrected chi connectivity index (χ4v) is 1.07. The zero-order valence-electron chi connectivity index (χ0n) is 6.01. The van der Waals surface area contributed by atoms with E-state index in [2.05, 4.69) is 0 Å². The first-order valence-corrected chi connectivity index (χ1v) is 3.86. The molecule has 1 unspecified atom stereocenters. The van der Waals surface area contributed by atoms with Gasteiger partial charge in [0.1, 0.15) is 0 Å². The Kier molecular flexibility index (Phi) is 2.97. The smallest absolute Gasteiger partial charge is 0.0794 e. The Morgan fingerprint density at radius 1 is 1.80 bits per heavy atom. The summed E-state index contributed by atoms with van der Waals surface area (Å²) < 4.78 is 5.34. The molecule has 0 amide bonds. The Morgan fingerprint density at radius 3 is 3.10 bits per heavy atom. The van der Waals surface area contributed by atoms with Gasteiger partial charge in [-0.3, -0.25) is 0 Å². The maximum absolute atomic E-state index is 5.70. The number of hydrogen-bond acceptors (Lipinski definition) is 1. The van der Waals surface area contributed by atoms with Crippen LogP contribution in [0.5, 0.6) is 0 Å². The van der Waals surface area contributed by atoms with E-state index in [-0.39, 0.29) is 6.10 Å². The third-order valence-corrected chi connectivity index (χ3v) is 1.68. The molecule has 1 aliphatic rings. The molecular formula is C8H11ClO. The van der Waals surface area contributed by atoms with E-state index in [0.29, 0.717) is 0 Å². The van der Waals surface area contributed by atoms with E-state index in [0.717, 1.165) is 18.1 Å². The highest BCUT2D eigenvalue weighted by molar-refractivity contribution is 6.31. The number of halogens is 1. The number of rotatable bonds is 2. The fraction of sp³-hybridized carbons (Fsp3) is 0.500. The van der Waals surface area contributed by atoms with Crippen molar-refractivity contribution in [3.63, 3.8) is 0 Å². The van der Waals surface area contributed by atoms with Gasteiger partial charge >= 0.3 is 0 Å². The standard InChI is InChI=1S/C8H11ClO/c1-2-10-8-5-3-7(9)4-6-8/h3-5,8H,2,6H2,1H3. The minimum absolute atomic E-state index is 0.243. The molecule has 10 heavy (non-hydrogen) atoms. The molecule has 0 N–H and O–H groups in total. The van der Waals surface area contributed by atoms with Crippen molar-refractivity contribution in [1.82, 2.24) is 0 Å². The third-order valence-electron chi connectivity index (χ3n) is 1.40. The minimum atomic E-state index is 0.243. The second kappa shape index (κ2) is 3.79. The van der Waals surface area contributed by atoms with Crippen molar-refractivity contribution in [1.29, 1.82) is 0 Å². The van der Waals surface area contributed by atoms with Crippen molar-refractivity contribution in [2.24, 2.45) is 0 Å². The summed E-state index contributed by atoms with van der Waals surface area (Å²) in [6.07, 6.45) is 7.00. The van der Waals surface area contributed by atoms with Crippen molar-refractivity contribution < 1.29 is 4.74 Å². The average molecular weight is 159 g/mol. The molecule has 56 valence electrons. The summed E-state index contributed by atoms with van der Waals surface area (Å²) in [5.74, 6) is 0. The van der Waals surface area contributed by atoms with Crippen molar-refractivity contribution in [2.45, 2.75) is 19.4 Å². The Hall–Kier alpha value is -0.270. The molecule has 1 atom stereocenters. The van der Waals surface area contributed by atoms with Gasteiger partial charge in [0, 0.05) is 11.6 Å². The van der Waals surface area contributed by atoms with Crippen LogP contribution in [-0.4, -0.2) is 12.7 Å². The number of allylic oxidation sites excluding steroid dienone is 2. The largest absolute Gasteiger partial charge is 0.374 e. The number of hydrogen-bond donors (Lipinski definition) is 0. The van der Waals surface area contributed by atoms with E-state index >= 15 is 0 Å².